The van der Waals surface area contributed by atoms with Crippen molar-refractivity contribution in [1.29, 1.82) is 0 Å². The highest BCUT2D eigenvalue weighted by molar-refractivity contribution is 5.64. The Bertz CT molecular complexity index is 479. The fraction of sp³-hybridized carbons (Fsp3) is 0.588. The molecule has 5 nitrogen and oxygen atoms in total. The van der Waals surface area contributed by atoms with Crippen LogP contribution in [0.15, 0.2) is 24.3 Å². The van der Waals surface area contributed by atoms with Crippen LogP contribution in [0.25, 0.3) is 0 Å². The Labute approximate surface area is 133 Å². The first-order valence-electron chi connectivity index (χ1n) is 7.91. The Kier molecular flexibility index (Phi) is 5.66. The van der Waals surface area contributed by atoms with Crippen LogP contribution in [0.3, 0.4) is 0 Å². The highest BCUT2D eigenvalue weighted by Crippen LogP contribution is 2.17. The third-order valence-corrected chi connectivity index (χ3v) is 4.58. The van der Waals surface area contributed by atoms with Gasteiger partial charge in [-0.3, -0.25) is 0 Å². The van der Waals surface area contributed by atoms with Gasteiger partial charge < -0.3 is 19.8 Å². The van der Waals surface area contributed by atoms with Gasteiger partial charge in [0.15, 0.2) is 0 Å². The summed E-state index contributed by atoms with van der Waals surface area (Å²) in [5, 5.41) is 9.02. The van der Waals surface area contributed by atoms with E-state index in [0.717, 1.165) is 38.9 Å². The predicted molar refractivity (Wildman–Crippen MR) is 89.7 cm³/mol. The lowest BCUT2D eigenvalue weighted by molar-refractivity contribution is 0.105. The Morgan fingerprint density at radius 1 is 1.18 bits per heavy atom. The summed E-state index contributed by atoms with van der Waals surface area (Å²) in [5.74, 6) is 0. The molecule has 0 unspecified atom stereocenters. The van der Waals surface area contributed by atoms with E-state index in [1.807, 2.05) is 14.1 Å². The van der Waals surface area contributed by atoms with Gasteiger partial charge in [-0.1, -0.05) is 12.1 Å². The fourth-order valence-electron chi connectivity index (χ4n) is 2.93. The second-order valence-electron chi connectivity index (χ2n) is 6.28. The lowest BCUT2D eigenvalue weighted by atomic mass is 10.0. The largest absolute Gasteiger partial charge is 0.465 e. The summed E-state index contributed by atoms with van der Waals surface area (Å²) in [4.78, 5) is 17.0. The van der Waals surface area contributed by atoms with E-state index in [-0.39, 0.29) is 6.04 Å². The molecule has 5 heteroatoms. The van der Waals surface area contributed by atoms with Gasteiger partial charge in [-0.15, -0.1) is 0 Å². The first-order valence-corrected chi connectivity index (χ1v) is 7.91. The molecule has 1 aromatic rings. The molecule has 0 radical (unpaired) electrons. The number of nitrogens with zero attached hydrogens (tertiary/aromatic N) is 3. The zero-order valence-electron chi connectivity index (χ0n) is 13.8. The number of hydrogen-bond acceptors (Lipinski definition) is 3. The highest BCUT2D eigenvalue weighted by Gasteiger charge is 2.24. The average Bonchev–Trinajstić information content (AvgIpc) is 2.53. The van der Waals surface area contributed by atoms with Crippen molar-refractivity contribution in [2.24, 2.45) is 0 Å². The van der Waals surface area contributed by atoms with Gasteiger partial charge >= 0.3 is 6.09 Å². The summed E-state index contributed by atoms with van der Waals surface area (Å²) in [5.41, 5.74) is 2.58. The molecule has 0 atom stereocenters. The van der Waals surface area contributed by atoms with E-state index in [0.29, 0.717) is 0 Å². The van der Waals surface area contributed by atoms with Crippen molar-refractivity contribution in [3.05, 3.63) is 29.8 Å². The molecule has 0 aliphatic carbocycles. The van der Waals surface area contributed by atoms with Crippen LogP contribution >= 0.6 is 0 Å². The van der Waals surface area contributed by atoms with Crippen LogP contribution < -0.4 is 4.90 Å². The Morgan fingerprint density at radius 2 is 1.77 bits per heavy atom. The molecule has 0 saturated carbocycles. The molecule has 0 bridgehead atoms. The van der Waals surface area contributed by atoms with Crippen LogP contribution in [0, 0.1) is 0 Å². The smallest absolute Gasteiger partial charge is 0.407 e. The third kappa shape index (κ3) is 4.37. The lowest BCUT2D eigenvalue weighted by Crippen LogP contribution is -2.45. The van der Waals surface area contributed by atoms with Gasteiger partial charge in [-0.25, -0.2) is 4.79 Å². The topological polar surface area (TPSA) is 47.0 Å². The van der Waals surface area contributed by atoms with Gasteiger partial charge in [0.1, 0.15) is 0 Å². The van der Waals surface area contributed by atoms with E-state index in [4.69, 9.17) is 5.11 Å². The van der Waals surface area contributed by atoms with E-state index in [9.17, 15) is 4.79 Å². The predicted octanol–water partition coefficient (Wildman–Crippen LogP) is 2.37. The molecule has 1 amide bonds. The average molecular weight is 305 g/mol. The van der Waals surface area contributed by atoms with E-state index in [1.54, 1.807) is 7.05 Å². The van der Waals surface area contributed by atoms with Crippen molar-refractivity contribution in [2.45, 2.75) is 25.3 Å². The first kappa shape index (κ1) is 16.6. The van der Waals surface area contributed by atoms with E-state index < -0.39 is 6.09 Å². The molecule has 1 heterocycles. The maximum atomic E-state index is 11.0. The minimum absolute atomic E-state index is 0.174. The van der Waals surface area contributed by atoms with Crippen molar-refractivity contribution >= 4 is 11.8 Å². The van der Waals surface area contributed by atoms with Crippen LogP contribution in [-0.4, -0.2) is 67.8 Å². The Morgan fingerprint density at radius 3 is 2.27 bits per heavy atom. The summed E-state index contributed by atoms with van der Waals surface area (Å²) in [7, 11) is 5.77. The zero-order chi connectivity index (χ0) is 16.1. The number of amides is 1. The summed E-state index contributed by atoms with van der Waals surface area (Å²) in [6, 6.07) is 8.88. The number of benzene rings is 1. The number of hydrogen-bond donors (Lipinski definition) is 1. The van der Waals surface area contributed by atoms with Crippen LogP contribution in [0.4, 0.5) is 10.5 Å². The van der Waals surface area contributed by atoms with Gasteiger partial charge in [0.05, 0.1) is 0 Å². The van der Waals surface area contributed by atoms with Crippen LogP contribution in [0.2, 0.25) is 0 Å². The number of anilines is 1. The molecule has 1 aliphatic rings. The molecule has 0 spiro atoms. The SMILES string of the molecule is CN(C)c1ccc(CCN2CCC(N(C)C(=O)O)CC2)cc1. The number of likely N-dealkylation sites (tertiary alicyclic amines) is 1. The van der Waals surface area contributed by atoms with Gasteiger partial charge in [0, 0.05) is 52.5 Å². The fourth-order valence-corrected chi connectivity index (χ4v) is 2.93. The summed E-state index contributed by atoms with van der Waals surface area (Å²) in [6.45, 7) is 3.01. The first-order chi connectivity index (χ1) is 10.5. The van der Waals surface area contributed by atoms with E-state index in [1.165, 1.54) is 16.2 Å². The van der Waals surface area contributed by atoms with Crippen molar-refractivity contribution in [3.8, 4) is 0 Å². The zero-order valence-corrected chi connectivity index (χ0v) is 13.8. The molecule has 122 valence electrons. The van der Waals surface area contributed by atoms with E-state index in [2.05, 4.69) is 34.1 Å². The lowest BCUT2D eigenvalue weighted by Gasteiger charge is -2.35. The molecule has 0 aromatic heterocycles. The monoisotopic (exact) mass is 305 g/mol. The maximum absolute atomic E-state index is 11.0. The maximum Gasteiger partial charge on any atom is 0.407 e. The van der Waals surface area contributed by atoms with Crippen LogP contribution in [0.5, 0.6) is 0 Å². The van der Waals surface area contributed by atoms with Crippen LogP contribution in [0.1, 0.15) is 18.4 Å². The standard InChI is InChI=1S/C17H27N3O2/c1-18(2)15-6-4-14(5-7-15)8-11-20-12-9-16(10-13-20)19(3)17(21)22/h4-7,16H,8-13H2,1-3H3,(H,21,22). The minimum Gasteiger partial charge on any atom is -0.465 e. The highest BCUT2D eigenvalue weighted by atomic mass is 16.4. The molecule has 1 saturated heterocycles. The van der Waals surface area contributed by atoms with E-state index >= 15 is 0 Å². The second kappa shape index (κ2) is 7.49. The van der Waals surface area contributed by atoms with Gasteiger partial charge in [-0.2, -0.15) is 0 Å². The van der Waals surface area contributed by atoms with Gasteiger partial charge in [0.25, 0.3) is 0 Å². The summed E-state index contributed by atoms with van der Waals surface area (Å²) in [6.07, 6.45) is 2.09. The second-order valence-corrected chi connectivity index (χ2v) is 6.28. The molecular weight excluding hydrogens is 278 g/mol. The molecule has 1 aliphatic heterocycles. The third-order valence-electron chi connectivity index (χ3n) is 4.58. The number of piperidine rings is 1. The van der Waals surface area contributed by atoms with Gasteiger partial charge in [-0.05, 0) is 37.0 Å². The summed E-state index contributed by atoms with van der Waals surface area (Å²) < 4.78 is 0. The molecular formula is C17H27N3O2. The minimum atomic E-state index is -0.820. The van der Waals surface area contributed by atoms with Crippen molar-refractivity contribution < 1.29 is 9.90 Å². The quantitative estimate of drug-likeness (QED) is 0.907. The van der Waals surface area contributed by atoms with Crippen LogP contribution in [-0.2, 0) is 6.42 Å². The molecule has 1 N–H and O–H groups in total. The Balaban J connectivity index is 1.76. The number of carbonyl (C=O) groups is 1. The molecule has 1 fully saturated rings. The Hall–Kier alpha value is -1.75. The number of rotatable bonds is 5. The van der Waals surface area contributed by atoms with Crippen molar-refractivity contribution in [3.63, 3.8) is 0 Å². The van der Waals surface area contributed by atoms with Crippen molar-refractivity contribution in [1.82, 2.24) is 9.80 Å². The molecule has 22 heavy (non-hydrogen) atoms. The summed E-state index contributed by atoms with van der Waals surface area (Å²) >= 11 is 0. The molecule has 1 aromatic carbocycles. The number of carboxylic acid groups (broad SMARTS) is 1. The van der Waals surface area contributed by atoms with Crippen molar-refractivity contribution in [2.75, 3.05) is 45.7 Å². The van der Waals surface area contributed by atoms with Gasteiger partial charge in [0.2, 0.25) is 0 Å². The molecule has 2 rings (SSSR count). The normalized spacial score (nSPS) is 16.5.